The molecule has 1 aromatic heterocycles. The summed E-state index contributed by atoms with van der Waals surface area (Å²) in [7, 11) is 0. The van der Waals surface area contributed by atoms with Gasteiger partial charge < -0.3 is 15.0 Å². The normalized spacial score (nSPS) is 15.9. The smallest absolute Gasteiger partial charge is 0.404 e. The van der Waals surface area contributed by atoms with Gasteiger partial charge in [-0.05, 0) is 77.4 Å². The molecule has 0 aliphatic carbocycles. The molecule has 0 bridgehead atoms. The monoisotopic (exact) mass is 521 g/mol. The highest BCUT2D eigenvalue weighted by Crippen LogP contribution is 2.38. The highest BCUT2D eigenvalue weighted by Gasteiger charge is 2.51. The van der Waals surface area contributed by atoms with Crippen LogP contribution in [0, 0.1) is 0 Å². The van der Waals surface area contributed by atoms with Crippen molar-refractivity contribution < 1.29 is 27.5 Å². The number of anilines is 2. The van der Waals surface area contributed by atoms with E-state index in [9.17, 15) is 22.8 Å². The van der Waals surface area contributed by atoms with Gasteiger partial charge in [0.2, 0.25) is 0 Å². The molecule has 202 valence electrons. The maximum absolute atomic E-state index is 13.4. The van der Waals surface area contributed by atoms with Crippen LogP contribution >= 0.6 is 0 Å². The summed E-state index contributed by atoms with van der Waals surface area (Å²) >= 11 is 0. The predicted octanol–water partition coefficient (Wildman–Crippen LogP) is 5.26. The molecule has 2 heterocycles. The van der Waals surface area contributed by atoms with E-state index in [1.54, 1.807) is 38.4 Å². The molecule has 0 radical (unpaired) electrons. The Morgan fingerprint density at radius 1 is 1.05 bits per heavy atom. The van der Waals surface area contributed by atoms with Gasteiger partial charge in [0.05, 0.1) is 11.4 Å². The largest absolute Gasteiger partial charge is 0.573 e. The summed E-state index contributed by atoms with van der Waals surface area (Å²) in [4.78, 5) is 35.3. The Kier molecular flexibility index (Phi) is 8.36. The van der Waals surface area contributed by atoms with Crippen molar-refractivity contribution in [2.45, 2.75) is 72.1 Å². The van der Waals surface area contributed by atoms with Crippen molar-refractivity contribution in [2.24, 2.45) is 0 Å². The van der Waals surface area contributed by atoms with Crippen molar-refractivity contribution in [2.75, 3.05) is 23.3 Å². The average Bonchev–Trinajstić information content (AvgIpc) is 2.96. The van der Waals surface area contributed by atoms with Crippen molar-refractivity contribution in [1.29, 1.82) is 0 Å². The molecule has 1 fully saturated rings. The topological polar surface area (TPSA) is 78.0 Å². The number of urea groups is 1. The number of alkyl halides is 3. The third kappa shape index (κ3) is 6.51. The number of imide groups is 1. The standard InChI is InChI=1S/C26H34F3N5O3/c1-17(2)32(18(3)4)14-13-31-21-15-20(7-8-22(21)37-26(27,28)29)34-23(35)25(5,6)33(24(34)36)16-19-9-11-30-12-10-19/h7-12,15,17-18,31H,13-14,16H2,1-6H3. The fourth-order valence-electron chi connectivity index (χ4n) is 4.44. The molecule has 1 aromatic carbocycles. The number of hydrogen-bond donors (Lipinski definition) is 1. The van der Waals surface area contributed by atoms with Crippen LogP contribution in [0.2, 0.25) is 0 Å². The summed E-state index contributed by atoms with van der Waals surface area (Å²) in [5.74, 6) is -0.920. The molecule has 3 amide bonds. The minimum atomic E-state index is -4.90. The van der Waals surface area contributed by atoms with Gasteiger partial charge in [-0.1, -0.05) is 0 Å². The van der Waals surface area contributed by atoms with E-state index in [0.717, 1.165) is 16.5 Å². The van der Waals surface area contributed by atoms with Crippen LogP contribution in [0.3, 0.4) is 0 Å². The first-order chi connectivity index (χ1) is 17.2. The molecule has 0 saturated carbocycles. The number of carbonyl (C=O) groups is 2. The number of amides is 3. The van der Waals surface area contributed by atoms with E-state index in [-0.39, 0.29) is 30.0 Å². The molecule has 0 spiro atoms. The molecule has 1 N–H and O–H groups in total. The number of aromatic nitrogens is 1. The summed E-state index contributed by atoms with van der Waals surface area (Å²) in [6.07, 6.45) is -1.71. The highest BCUT2D eigenvalue weighted by atomic mass is 19.4. The second kappa shape index (κ2) is 11.0. The van der Waals surface area contributed by atoms with Gasteiger partial charge in [0.25, 0.3) is 5.91 Å². The third-order valence-corrected chi connectivity index (χ3v) is 6.37. The molecule has 0 unspecified atom stereocenters. The first kappa shape index (κ1) is 28.2. The van der Waals surface area contributed by atoms with Crippen LogP contribution in [-0.4, -0.2) is 63.8 Å². The summed E-state index contributed by atoms with van der Waals surface area (Å²) in [6.45, 7) is 12.5. The first-order valence-corrected chi connectivity index (χ1v) is 12.2. The second-order valence-corrected chi connectivity index (χ2v) is 10.0. The second-order valence-electron chi connectivity index (χ2n) is 10.0. The third-order valence-electron chi connectivity index (χ3n) is 6.37. The molecule has 8 nitrogen and oxygen atoms in total. The van der Waals surface area contributed by atoms with Crippen LogP contribution in [0.1, 0.15) is 47.1 Å². The molecule has 2 aromatic rings. The number of nitrogens with one attached hydrogen (secondary N) is 1. The Labute approximate surface area is 215 Å². The lowest BCUT2D eigenvalue weighted by atomic mass is 10.0. The predicted molar refractivity (Wildman–Crippen MR) is 135 cm³/mol. The minimum Gasteiger partial charge on any atom is -0.404 e. The molecule has 0 atom stereocenters. The van der Waals surface area contributed by atoms with Crippen LogP contribution in [-0.2, 0) is 11.3 Å². The number of halogens is 3. The van der Waals surface area contributed by atoms with Crippen LogP contribution in [0.4, 0.5) is 29.3 Å². The summed E-state index contributed by atoms with van der Waals surface area (Å²) in [6, 6.07) is 7.17. The summed E-state index contributed by atoms with van der Waals surface area (Å²) in [5, 5.41) is 3.00. The Morgan fingerprint density at radius 2 is 1.68 bits per heavy atom. The Balaban J connectivity index is 1.90. The van der Waals surface area contributed by atoms with Gasteiger partial charge in [-0.2, -0.15) is 0 Å². The van der Waals surface area contributed by atoms with Crippen molar-refractivity contribution in [1.82, 2.24) is 14.8 Å². The minimum absolute atomic E-state index is 0.0354. The lowest BCUT2D eigenvalue weighted by Gasteiger charge is -2.30. The van der Waals surface area contributed by atoms with Crippen molar-refractivity contribution >= 4 is 23.3 Å². The Bertz CT molecular complexity index is 1100. The molecule has 1 saturated heterocycles. The molecular weight excluding hydrogens is 487 g/mol. The van der Waals surface area contributed by atoms with Crippen LogP contribution in [0.15, 0.2) is 42.7 Å². The maximum Gasteiger partial charge on any atom is 0.573 e. The molecular formula is C26H34F3N5O3. The van der Waals surface area contributed by atoms with E-state index in [2.05, 4.69) is 19.9 Å². The number of carbonyl (C=O) groups excluding carboxylic acids is 2. The fourth-order valence-corrected chi connectivity index (χ4v) is 4.44. The van der Waals surface area contributed by atoms with Gasteiger partial charge in [-0.15, -0.1) is 13.2 Å². The van der Waals surface area contributed by atoms with Gasteiger partial charge in [0.1, 0.15) is 5.54 Å². The molecule has 3 rings (SSSR count). The zero-order chi connectivity index (χ0) is 27.5. The number of nitrogens with zero attached hydrogens (tertiary/aromatic N) is 4. The quantitative estimate of drug-likeness (QED) is 0.430. The summed E-state index contributed by atoms with van der Waals surface area (Å²) < 4.78 is 43.5. The molecule has 1 aliphatic heterocycles. The average molecular weight is 522 g/mol. The van der Waals surface area contributed by atoms with E-state index in [1.807, 2.05) is 27.7 Å². The van der Waals surface area contributed by atoms with E-state index in [1.165, 1.54) is 17.0 Å². The van der Waals surface area contributed by atoms with Crippen molar-refractivity contribution in [3.05, 3.63) is 48.3 Å². The van der Waals surface area contributed by atoms with E-state index < -0.39 is 29.6 Å². The van der Waals surface area contributed by atoms with E-state index in [0.29, 0.717) is 13.1 Å². The molecule has 37 heavy (non-hydrogen) atoms. The van der Waals surface area contributed by atoms with Gasteiger partial charge in [-0.3, -0.25) is 14.7 Å². The highest BCUT2D eigenvalue weighted by molar-refractivity contribution is 6.23. The van der Waals surface area contributed by atoms with Crippen molar-refractivity contribution in [3.8, 4) is 5.75 Å². The zero-order valence-electron chi connectivity index (χ0n) is 22.0. The molecule has 11 heteroatoms. The number of benzene rings is 1. The Morgan fingerprint density at radius 3 is 2.24 bits per heavy atom. The lowest BCUT2D eigenvalue weighted by molar-refractivity contribution is -0.274. The fraction of sp³-hybridized carbons (Fsp3) is 0.500. The summed E-state index contributed by atoms with van der Waals surface area (Å²) in [5.41, 5.74) is -0.179. The number of pyridine rings is 1. The van der Waals surface area contributed by atoms with Crippen LogP contribution < -0.4 is 15.0 Å². The Hall–Kier alpha value is -3.34. The van der Waals surface area contributed by atoms with Gasteiger partial charge in [-0.25, -0.2) is 9.69 Å². The van der Waals surface area contributed by atoms with Crippen LogP contribution in [0.25, 0.3) is 0 Å². The SMILES string of the molecule is CC(C)N(CCNc1cc(N2C(=O)N(Cc3ccncc3)C(C)(C)C2=O)ccc1OC(F)(F)F)C(C)C. The first-order valence-electron chi connectivity index (χ1n) is 12.2. The van der Waals surface area contributed by atoms with E-state index >= 15 is 0 Å². The van der Waals surface area contributed by atoms with Gasteiger partial charge in [0, 0.05) is 44.1 Å². The molecule has 1 aliphatic rings. The van der Waals surface area contributed by atoms with Crippen molar-refractivity contribution in [3.63, 3.8) is 0 Å². The number of hydrogen-bond acceptors (Lipinski definition) is 6. The van der Waals surface area contributed by atoms with Gasteiger partial charge >= 0.3 is 12.4 Å². The van der Waals surface area contributed by atoms with E-state index in [4.69, 9.17) is 0 Å². The van der Waals surface area contributed by atoms with Crippen LogP contribution in [0.5, 0.6) is 5.75 Å². The maximum atomic E-state index is 13.4. The van der Waals surface area contributed by atoms with Gasteiger partial charge in [0.15, 0.2) is 5.75 Å². The zero-order valence-corrected chi connectivity index (χ0v) is 22.0. The number of rotatable bonds is 10. The lowest BCUT2D eigenvalue weighted by Crippen LogP contribution is -2.43. The number of ether oxygens (including phenoxy) is 1.